The van der Waals surface area contributed by atoms with Crippen molar-refractivity contribution < 1.29 is 0 Å². The van der Waals surface area contributed by atoms with Crippen molar-refractivity contribution in [2.24, 2.45) is 0 Å². The van der Waals surface area contributed by atoms with Crippen LogP contribution >= 0.6 is 27.3 Å². The second-order valence-corrected chi connectivity index (χ2v) is 3.95. The lowest BCUT2D eigenvalue weighted by molar-refractivity contribution is 0.662. The van der Waals surface area contributed by atoms with Crippen LogP contribution < -0.4 is 5.32 Å². The third-order valence-electron chi connectivity index (χ3n) is 1.47. The highest BCUT2D eigenvalue weighted by Crippen LogP contribution is 2.28. The molecule has 1 heterocycles. The number of nitrogens with one attached hydrogen (secondary N) is 1. The maximum absolute atomic E-state index is 3.48. The van der Waals surface area contributed by atoms with E-state index in [2.05, 4.69) is 39.6 Å². The first-order chi connectivity index (χ1) is 4.75. The van der Waals surface area contributed by atoms with Gasteiger partial charge in [0, 0.05) is 15.4 Å². The molecule has 0 saturated heterocycles. The Balaban J connectivity index is 2.82. The molecular formula is C7H10BrNS. The Bertz CT molecular complexity index is 209. The molecule has 1 atom stereocenters. The number of rotatable bonds is 2. The largest absolute Gasteiger partial charge is 0.313 e. The summed E-state index contributed by atoms with van der Waals surface area (Å²) < 4.78 is 1.21. The fraction of sp³-hybridized carbons (Fsp3) is 0.429. The first kappa shape index (κ1) is 8.24. The molecule has 3 heteroatoms. The first-order valence-corrected chi connectivity index (χ1v) is 4.83. The van der Waals surface area contributed by atoms with Crippen LogP contribution in [-0.2, 0) is 0 Å². The van der Waals surface area contributed by atoms with Crippen molar-refractivity contribution in [1.29, 1.82) is 0 Å². The molecule has 0 fully saturated rings. The minimum absolute atomic E-state index is 0.453. The van der Waals surface area contributed by atoms with Crippen LogP contribution in [-0.4, -0.2) is 7.05 Å². The molecule has 0 aliphatic rings. The van der Waals surface area contributed by atoms with Gasteiger partial charge in [-0.3, -0.25) is 0 Å². The van der Waals surface area contributed by atoms with Gasteiger partial charge in [0.25, 0.3) is 0 Å². The van der Waals surface area contributed by atoms with Crippen molar-refractivity contribution in [3.63, 3.8) is 0 Å². The molecule has 0 aliphatic heterocycles. The summed E-state index contributed by atoms with van der Waals surface area (Å²) in [7, 11) is 1.97. The summed E-state index contributed by atoms with van der Waals surface area (Å²) in [5, 5.41) is 5.28. The summed E-state index contributed by atoms with van der Waals surface area (Å²) in [6.45, 7) is 2.15. The minimum atomic E-state index is 0.453. The van der Waals surface area contributed by atoms with Gasteiger partial charge in [-0.25, -0.2) is 0 Å². The first-order valence-electron chi connectivity index (χ1n) is 3.16. The van der Waals surface area contributed by atoms with Crippen molar-refractivity contribution in [3.8, 4) is 0 Å². The van der Waals surface area contributed by atoms with Crippen molar-refractivity contribution in [1.82, 2.24) is 5.32 Å². The normalized spacial score (nSPS) is 13.5. The Labute approximate surface area is 73.6 Å². The predicted molar refractivity (Wildman–Crippen MR) is 49.5 cm³/mol. The lowest BCUT2D eigenvalue weighted by atomic mass is 10.3. The zero-order valence-electron chi connectivity index (χ0n) is 6.02. The molecule has 0 bridgehead atoms. The van der Waals surface area contributed by atoms with Crippen molar-refractivity contribution >= 4 is 27.3 Å². The molecule has 1 N–H and O–H groups in total. The van der Waals surface area contributed by atoms with Gasteiger partial charge in [-0.05, 0) is 41.3 Å². The SMILES string of the molecule is CNC(C)c1sccc1Br. The zero-order chi connectivity index (χ0) is 7.56. The zero-order valence-corrected chi connectivity index (χ0v) is 8.42. The van der Waals surface area contributed by atoms with Gasteiger partial charge < -0.3 is 5.32 Å². The Kier molecular flexibility index (Phi) is 2.89. The van der Waals surface area contributed by atoms with Crippen LogP contribution in [0.25, 0.3) is 0 Å². The van der Waals surface area contributed by atoms with Gasteiger partial charge in [0.2, 0.25) is 0 Å². The molecule has 56 valence electrons. The Morgan fingerprint density at radius 3 is 2.80 bits per heavy atom. The predicted octanol–water partition coefficient (Wildman–Crippen LogP) is 2.79. The summed E-state index contributed by atoms with van der Waals surface area (Å²) in [5.41, 5.74) is 0. The summed E-state index contributed by atoms with van der Waals surface area (Å²) in [6, 6.07) is 2.53. The highest BCUT2D eigenvalue weighted by Gasteiger charge is 2.06. The van der Waals surface area contributed by atoms with E-state index in [-0.39, 0.29) is 0 Å². The standard InChI is InChI=1S/C7H10BrNS/c1-5(9-2)7-6(8)3-4-10-7/h3-5,9H,1-2H3. The molecule has 10 heavy (non-hydrogen) atoms. The molecular weight excluding hydrogens is 210 g/mol. The molecule has 0 radical (unpaired) electrons. The van der Waals surface area contributed by atoms with E-state index in [0.29, 0.717) is 6.04 Å². The van der Waals surface area contributed by atoms with Gasteiger partial charge in [0.1, 0.15) is 0 Å². The van der Waals surface area contributed by atoms with E-state index in [9.17, 15) is 0 Å². The second-order valence-electron chi connectivity index (χ2n) is 2.14. The topological polar surface area (TPSA) is 12.0 Å². The van der Waals surface area contributed by atoms with Crippen LogP contribution in [0.15, 0.2) is 15.9 Å². The third-order valence-corrected chi connectivity index (χ3v) is 3.52. The van der Waals surface area contributed by atoms with E-state index in [4.69, 9.17) is 0 Å². The maximum Gasteiger partial charge on any atom is 0.0395 e. The van der Waals surface area contributed by atoms with Crippen molar-refractivity contribution in [2.45, 2.75) is 13.0 Å². The molecule has 0 amide bonds. The third kappa shape index (κ3) is 1.59. The highest BCUT2D eigenvalue weighted by molar-refractivity contribution is 9.10. The minimum Gasteiger partial charge on any atom is -0.313 e. The van der Waals surface area contributed by atoms with E-state index in [1.165, 1.54) is 9.35 Å². The summed E-state index contributed by atoms with van der Waals surface area (Å²) in [6.07, 6.45) is 0. The van der Waals surface area contributed by atoms with Gasteiger partial charge in [-0.2, -0.15) is 0 Å². The van der Waals surface area contributed by atoms with Crippen LogP contribution in [0.5, 0.6) is 0 Å². The average molecular weight is 220 g/mol. The molecule has 1 rings (SSSR count). The lowest BCUT2D eigenvalue weighted by Crippen LogP contribution is -2.10. The molecule has 1 aromatic heterocycles. The number of hydrogen-bond acceptors (Lipinski definition) is 2. The molecule has 1 unspecified atom stereocenters. The number of thiophene rings is 1. The van der Waals surface area contributed by atoms with Crippen LogP contribution in [0.1, 0.15) is 17.8 Å². The Morgan fingerprint density at radius 2 is 2.40 bits per heavy atom. The quantitative estimate of drug-likeness (QED) is 0.808. The van der Waals surface area contributed by atoms with Gasteiger partial charge in [0.15, 0.2) is 0 Å². The number of halogens is 1. The van der Waals surface area contributed by atoms with Crippen LogP contribution in [0, 0.1) is 0 Å². The van der Waals surface area contributed by atoms with Gasteiger partial charge >= 0.3 is 0 Å². The van der Waals surface area contributed by atoms with E-state index in [1.54, 1.807) is 11.3 Å². The summed E-state index contributed by atoms with van der Waals surface area (Å²) in [5.74, 6) is 0. The highest BCUT2D eigenvalue weighted by atomic mass is 79.9. The van der Waals surface area contributed by atoms with Gasteiger partial charge in [-0.15, -0.1) is 11.3 Å². The second kappa shape index (κ2) is 3.51. The maximum atomic E-state index is 3.48. The molecule has 0 aliphatic carbocycles. The summed E-state index contributed by atoms with van der Waals surface area (Å²) >= 11 is 5.25. The van der Waals surface area contributed by atoms with Crippen LogP contribution in [0.4, 0.5) is 0 Å². The Hall–Kier alpha value is 0.140. The Morgan fingerprint density at radius 1 is 1.70 bits per heavy atom. The smallest absolute Gasteiger partial charge is 0.0395 e. The van der Waals surface area contributed by atoms with Crippen molar-refractivity contribution in [2.75, 3.05) is 7.05 Å². The fourth-order valence-electron chi connectivity index (χ4n) is 0.745. The van der Waals surface area contributed by atoms with E-state index >= 15 is 0 Å². The molecule has 1 nitrogen and oxygen atoms in total. The van der Waals surface area contributed by atoms with Gasteiger partial charge in [0.05, 0.1) is 0 Å². The lowest BCUT2D eigenvalue weighted by Gasteiger charge is -2.07. The monoisotopic (exact) mass is 219 g/mol. The van der Waals surface area contributed by atoms with Gasteiger partial charge in [-0.1, -0.05) is 0 Å². The van der Waals surface area contributed by atoms with E-state index < -0.39 is 0 Å². The van der Waals surface area contributed by atoms with Crippen molar-refractivity contribution in [3.05, 3.63) is 20.8 Å². The average Bonchev–Trinajstić information content (AvgIpc) is 2.34. The van der Waals surface area contributed by atoms with Crippen LogP contribution in [0.3, 0.4) is 0 Å². The van der Waals surface area contributed by atoms with E-state index in [1.807, 2.05) is 7.05 Å². The molecule has 0 spiro atoms. The molecule has 0 aromatic carbocycles. The molecule has 0 saturated carbocycles. The fourth-order valence-corrected chi connectivity index (χ4v) is 2.53. The van der Waals surface area contributed by atoms with E-state index in [0.717, 1.165) is 0 Å². The number of hydrogen-bond donors (Lipinski definition) is 1. The summed E-state index contributed by atoms with van der Waals surface area (Å²) in [4.78, 5) is 1.36. The molecule has 1 aromatic rings. The van der Waals surface area contributed by atoms with Crippen LogP contribution in [0.2, 0.25) is 0 Å².